The summed E-state index contributed by atoms with van der Waals surface area (Å²) in [6, 6.07) is 10.1. The molecule has 3 unspecified atom stereocenters. The van der Waals surface area contributed by atoms with E-state index in [0.29, 0.717) is 17.8 Å². The molecule has 10 heteroatoms. The van der Waals surface area contributed by atoms with Crippen molar-refractivity contribution in [2.45, 2.75) is 43.8 Å². The molecule has 2 aromatic heterocycles. The molecule has 4 rings (SSSR count). The van der Waals surface area contributed by atoms with Crippen LogP contribution in [0, 0.1) is 0 Å². The van der Waals surface area contributed by atoms with E-state index in [4.69, 9.17) is 15.2 Å². The number of aromatic nitrogens is 4. The average Bonchev–Trinajstić information content (AvgIpc) is 3.31. The van der Waals surface area contributed by atoms with Gasteiger partial charge in [-0.2, -0.15) is 9.97 Å². The third kappa shape index (κ3) is 3.70. The van der Waals surface area contributed by atoms with Crippen LogP contribution in [0.1, 0.15) is 31.1 Å². The molecular weight excluding hydrogens is 390 g/mol. The van der Waals surface area contributed by atoms with Crippen LogP contribution in [0.3, 0.4) is 0 Å². The molecule has 5 N–H and O–H groups in total. The molecule has 160 valence electrons. The number of benzene rings is 1. The van der Waals surface area contributed by atoms with Crippen LogP contribution < -0.4 is 10.5 Å². The van der Waals surface area contributed by atoms with Crippen molar-refractivity contribution < 1.29 is 24.8 Å². The third-order valence-corrected chi connectivity index (χ3v) is 5.40. The Morgan fingerprint density at radius 1 is 1.20 bits per heavy atom. The molecule has 0 bridgehead atoms. The second-order valence-corrected chi connectivity index (χ2v) is 7.27. The number of hydrogen-bond acceptors (Lipinski definition) is 9. The first-order valence-electron chi connectivity index (χ1n) is 9.83. The van der Waals surface area contributed by atoms with Gasteiger partial charge in [-0.05, 0) is 12.0 Å². The Balaban J connectivity index is 1.59. The second-order valence-electron chi connectivity index (χ2n) is 7.27. The van der Waals surface area contributed by atoms with E-state index in [2.05, 4.69) is 21.9 Å². The van der Waals surface area contributed by atoms with E-state index in [9.17, 15) is 15.3 Å². The maximum atomic E-state index is 10.3. The van der Waals surface area contributed by atoms with Crippen LogP contribution in [0.4, 0.5) is 5.82 Å². The van der Waals surface area contributed by atoms with Crippen LogP contribution in [-0.4, -0.2) is 66.4 Å². The Kier molecular flexibility index (Phi) is 5.82. The predicted molar refractivity (Wildman–Crippen MR) is 108 cm³/mol. The molecule has 1 saturated heterocycles. The zero-order chi connectivity index (χ0) is 21.3. The first-order valence-corrected chi connectivity index (χ1v) is 9.83. The second kappa shape index (κ2) is 8.52. The highest BCUT2D eigenvalue weighted by molar-refractivity contribution is 5.82. The normalized spacial score (nSPS) is 24.9. The third-order valence-electron chi connectivity index (χ3n) is 5.40. The van der Waals surface area contributed by atoms with E-state index in [0.717, 1.165) is 12.0 Å². The number of imidazole rings is 1. The number of anilines is 1. The summed E-state index contributed by atoms with van der Waals surface area (Å²) in [5.74, 6) is 0.297. The maximum absolute atomic E-state index is 10.3. The Hall–Kier alpha value is -2.79. The predicted octanol–water partition coefficient (Wildman–Crippen LogP) is 0.593. The highest BCUT2D eigenvalue weighted by Crippen LogP contribution is 2.32. The van der Waals surface area contributed by atoms with Gasteiger partial charge in [0.25, 0.3) is 0 Å². The highest BCUT2D eigenvalue weighted by Gasteiger charge is 2.44. The number of rotatable bonds is 7. The minimum atomic E-state index is -1.26. The topological polar surface area (TPSA) is 149 Å². The van der Waals surface area contributed by atoms with Crippen molar-refractivity contribution in [2.24, 2.45) is 0 Å². The molecule has 0 amide bonds. The SMILES string of the molecule is CCC(COc1nc(N)c2ncn([C@@H]3O[C@H](CO)C(O)C3O)c2n1)c1ccccc1. The summed E-state index contributed by atoms with van der Waals surface area (Å²) < 4.78 is 12.9. The summed E-state index contributed by atoms with van der Waals surface area (Å²) in [7, 11) is 0. The number of ether oxygens (including phenoxy) is 2. The molecule has 3 aromatic rings. The Bertz CT molecular complexity index is 998. The van der Waals surface area contributed by atoms with E-state index < -0.39 is 31.1 Å². The maximum Gasteiger partial charge on any atom is 0.320 e. The van der Waals surface area contributed by atoms with Gasteiger partial charge in [0.1, 0.15) is 18.3 Å². The number of nitrogens with zero attached hydrogens (tertiary/aromatic N) is 4. The van der Waals surface area contributed by atoms with Crippen LogP contribution in [0.15, 0.2) is 36.7 Å². The van der Waals surface area contributed by atoms with Gasteiger partial charge in [0.2, 0.25) is 0 Å². The number of aliphatic hydroxyl groups is 3. The lowest BCUT2D eigenvalue weighted by molar-refractivity contribution is -0.0511. The van der Waals surface area contributed by atoms with E-state index in [1.807, 2.05) is 30.3 Å². The summed E-state index contributed by atoms with van der Waals surface area (Å²) in [4.78, 5) is 12.8. The van der Waals surface area contributed by atoms with Crippen LogP contribution in [0.25, 0.3) is 11.2 Å². The lowest BCUT2D eigenvalue weighted by Crippen LogP contribution is -2.33. The number of fused-ring (bicyclic) bond motifs is 1. The van der Waals surface area contributed by atoms with Crippen molar-refractivity contribution in [3.8, 4) is 6.01 Å². The van der Waals surface area contributed by atoms with Crippen molar-refractivity contribution in [2.75, 3.05) is 18.9 Å². The molecule has 30 heavy (non-hydrogen) atoms. The van der Waals surface area contributed by atoms with Gasteiger partial charge in [0, 0.05) is 5.92 Å². The molecule has 1 aliphatic heterocycles. The van der Waals surface area contributed by atoms with Crippen LogP contribution in [0.5, 0.6) is 6.01 Å². The summed E-state index contributed by atoms with van der Waals surface area (Å²) in [5.41, 5.74) is 7.83. The summed E-state index contributed by atoms with van der Waals surface area (Å²) in [5, 5.41) is 29.7. The van der Waals surface area contributed by atoms with E-state index in [-0.39, 0.29) is 17.7 Å². The van der Waals surface area contributed by atoms with Gasteiger partial charge in [-0.1, -0.05) is 37.3 Å². The summed E-state index contributed by atoms with van der Waals surface area (Å²) in [6.45, 7) is 2.02. The quantitative estimate of drug-likeness (QED) is 0.435. The van der Waals surface area contributed by atoms with Gasteiger partial charge >= 0.3 is 6.01 Å². The van der Waals surface area contributed by atoms with Crippen LogP contribution >= 0.6 is 0 Å². The summed E-state index contributed by atoms with van der Waals surface area (Å²) in [6.07, 6.45) is -2.10. The van der Waals surface area contributed by atoms with Crippen LogP contribution in [0.2, 0.25) is 0 Å². The molecule has 1 fully saturated rings. The van der Waals surface area contributed by atoms with Crippen molar-refractivity contribution in [1.82, 2.24) is 19.5 Å². The first-order chi connectivity index (χ1) is 14.5. The van der Waals surface area contributed by atoms with Crippen molar-refractivity contribution >= 4 is 17.0 Å². The Labute approximate surface area is 172 Å². The van der Waals surface area contributed by atoms with Gasteiger partial charge < -0.3 is 30.5 Å². The van der Waals surface area contributed by atoms with Gasteiger partial charge in [-0.15, -0.1) is 0 Å². The molecular formula is C20H25N5O5. The minimum Gasteiger partial charge on any atom is -0.463 e. The number of nitrogen functional groups attached to an aromatic ring is 1. The van der Waals surface area contributed by atoms with Crippen molar-refractivity contribution in [1.29, 1.82) is 0 Å². The molecule has 1 aromatic carbocycles. The fraction of sp³-hybridized carbons (Fsp3) is 0.450. The molecule has 3 heterocycles. The zero-order valence-electron chi connectivity index (χ0n) is 16.5. The monoisotopic (exact) mass is 415 g/mol. The number of nitrogens with two attached hydrogens (primary N) is 1. The largest absolute Gasteiger partial charge is 0.463 e. The Morgan fingerprint density at radius 3 is 2.63 bits per heavy atom. The molecule has 10 nitrogen and oxygen atoms in total. The summed E-state index contributed by atoms with van der Waals surface area (Å²) >= 11 is 0. The lowest BCUT2D eigenvalue weighted by Gasteiger charge is -2.17. The van der Waals surface area contributed by atoms with E-state index in [1.165, 1.54) is 10.9 Å². The van der Waals surface area contributed by atoms with Gasteiger partial charge in [-0.3, -0.25) is 4.57 Å². The first kappa shape index (κ1) is 20.5. The van der Waals surface area contributed by atoms with Crippen LogP contribution in [-0.2, 0) is 4.74 Å². The van der Waals surface area contributed by atoms with Gasteiger partial charge in [-0.25, -0.2) is 4.98 Å². The smallest absolute Gasteiger partial charge is 0.320 e. The van der Waals surface area contributed by atoms with Crippen molar-refractivity contribution in [3.63, 3.8) is 0 Å². The van der Waals surface area contributed by atoms with Gasteiger partial charge in [0.05, 0.1) is 19.5 Å². The minimum absolute atomic E-state index is 0.0860. The zero-order valence-corrected chi connectivity index (χ0v) is 16.5. The fourth-order valence-electron chi connectivity index (χ4n) is 3.63. The fourth-order valence-corrected chi connectivity index (χ4v) is 3.63. The molecule has 1 aliphatic rings. The number of hydrogen-bond donors (Lipinski definition) is 4. The van der Waals surface area contributed by atoms with Crippen molar-refractivity contribution in [3.05, 3.63) is 42.2 Å². The average molecular weight is 415 g/mol. The van der Waals surface area contributed by atoms with E-state index in [1.54, 1.807) is 0 Å². The number of aliphatic hydroxyl groups excluding tert-OH is 3. The Morgan fingerprint density at radius 2 is 1.97 bits per heavy atom. The molecule has 0 aliphatic carbocycles. The molecule has 0 saturated carbocycles. The van der Waals surface area contributed by atoms with Gasteiger partial charge in [0.15, 0.2) is 23.2 Å². The molecule has 0 spiro atoms. The molecule has 5 atom stereocenters. The van der Waals surface area contributed by atoms with E-state index >= 15 is 0 Å². The standard InChI is InChI=1S/C20H25N5O5/c1-2-11(12-6-4-3-5-7-12)9-29-20-23-17(21)14-18(24-20)25(10-22-14)19-16(28)15(27)13(8-26)30-19/h3-7,10-11,13,15-16,19,26-28H,2,8-9H2,1H3,(H2,21,23,24)/t11?,13-,15?,16?,19-/m1/s1. The molecule has 0 radical (unpaired) electrons. The highest BCUT2D eigenvalue weighted by atomic mass is 16.6. The lowest BCUT2D eigenvalue weighted by atomic mass is 9.98.